The first-order valence-corrected chi connectivity index (χ1v) is 8.90. The fourth-order valence-corrected chi connectivity index (χ4v) is 2.90. The number of hydrogen-bond donors (Lipinski definition) is 1. The highest BCUT2D eigenvalue weighted by atomic mass is 14.8. The van der Waals surface area contributed by atoms with Crippen LogP contribution in [0.25, 0.3) is 5.57 Å². The molecular formula is C24H25N. The molecule has 126 valence electrons. The molecule has 0 saturated carbocycles. The van der Waals surface area contributed by atoms with Crippen molar-refractivity contribution in [3.63, 3.8) is 0 Å². The Balaban J connectivity index is 1.62. The molecule has 0 aliphatic rings. The van der Waals surface area contributed by atoms with Gasteiger partial charge in [0.15, 0.2) is 0 Å². The zero-order valence-electron chi connectivity index (χ0n) is 14.8. The lowest BCUT2D eigenvalue weighted by atomic mass is 9.97. The van der Waals surface area contributed by atoms with Crippen molar-refractivity contribution in [1.29, 1.82) is 0 Å². The third-order valence-corrected chi connectivity index (χ3v) is 4.33. The topological polar surface area (TPSA) is 12.0 Å². The summed E-state index contributed by atoms with van der Waals surface area (Å²) in [6.45, 7) is 3.98. The van der Waals surface area contributed by atoms with E-state index in [1.165, 1.54) is 27.8 Å². The van der Waals surface area contributed by atoms with Crippen LogP contribution in [0.4, 0.5) is 0 Å². The smallest absolute Gasteiger partial charge is 0.0144 e. The molecule has 0 aliphatic carbocycles. The third kappa shape index (κ3) is 5.17. The van der Waals surface area contributed by atoms with E-state index in [-0.39, 0.29) is 0 Å². The van der Waals surface area contributed by atoms with E-state index in [2.05, 4.69) is 103 Å². The van der Waals surface area contributed by atoms with Crippen LogP contribution in [-0.4, -0.2) is 13.1 Å². The van der Waals surface area contributed by atoms with Crippen LogP contribution in [-0.2, 0) is 6.42 Å². The highest BCUT2D eigenvalue weighted by Gasteiger charge is 2.03. The van der Waals surface area contributed by atoms with E-state index in [9.17, 15) is 0 Å². The molecule has 25 heavy (non-hydrogen) atoms. The molecule has 3 rings (SSSR count). The summed E-state index contributed by atoms with van der Waals surface area (Å²) in [4.78, 5) is 0. The molecule has 3 aromatic carbocycles. The Morgan fingerprint density at radius 1 is 0.760 bits per heavy atom. The van der Waals surface area contributed by atoms with Gasteiger partial charge in [0.2, 0.25) is 0 Å². The van der Waals surface area contributed by atoms with Crippen LogP contribution in [0.3, 0.4) is 0 Å². The van der Waals surface area contributed by atoms with E-state index < -0.39 is 0 Å². The second-order valence-corrected chi connectivity index (χ2v) is 6.29. The number of rotatable bonds is 7. The molecule has 0 bridgehead atoms. The maximum Gasteiger partial charge on any atom is 0.0144 e. The molecule has 0 radical (unpaired) electrons. The molecular weight excluding hydrogens is 302 g/mol. The molecule has 0 atom stereocenters. The van der Waals surface area contributed by atoms with Crippen molar-refractivity contribution in [2.75, 3.05) is 13.1 Å². The largest absolute Gasteiger partial charge is 0.313 e. The summed E-state index contributed by atoms with van der Waals surface area (Å²) in [5.74, 6) is 0. The fourth-order valence-electron chi connectivity index (χ4n) is 2.90. The quantitative estimate of drug-likeness (QED) is 0.584. The van der Waals surface area contributed by atoms with Crippen LogP contribution in [0, 0.1) is 6.92 Å². The van der Waals surface area contributed by atoms with Crippen molar-refractivity contribution in [3.05, 3.63) is 113 Å². The Bertz CT molecular complexity index is 745. The van der Waals surface area contributed by atoms with E-state index in [0.717, 1.165) is 19.5 Å². The van der Waals surface area contributed by atoms with Crippen molar-refractivity contribution < 1.29 is 0 Å². The maximum absolute atomic E-state index is 3.54. The summed E-state index contributed by atoms with van der Waals surface area (Å²) in [6, 6.07) is 30.0. The van der Waals surface area contributed by atoms with Crippen molar-refractivity contribution in [3.8, 4) is 0 Å². The van der Waals surface area contributed by atoms with Gasteiger partial charge < -0.3 is 5.32 Å². The van der Waals surface area contributed by atoms with E-state index in [4.69, 9.17) is 0 Å². The first kappa shape index (κ1) is 17.2. The molecule has 1 N–H and O–H groups in total. The summed E-state index contributed by atoms with van der Waals surface area (Å²) in [6.07, 6.45) is 3.35. The molecule has 0 fully saturated rings. The van der Waals surface area contributed by atoms with Crippen LogP contribution in [0.5, 0.6) is 0 Å². The molecule has 1 nitrogen and oxygen atoms in total. The van der Waals surface area contributed by atoms with Gasteiger partial charge in [-0.2, -0.15) is 0 Å². The van der Waals surface area contributed by atoms with Crippen LogP contribution < -0.4 is 5.32 Å². The lowest BCUT2D eigenvalue weighted by Gasteiger charge is -2.09. The van der Waals surface area contributed by atoms with E-state index >= 15 is 0 Å². The Morgan fingerprint density at radius 3 is 1.88 bits per heavy atom. The molecule has 0 heterocycles. The molecule has 0 unspecified atom stereocenters. The summed E-state index contributed by atoms with van der Waals surface area (Å²) in [5, 5.41) is 3.54. The van der Waals surface area contributed by atoms with Crippen LogP contribution in [0.2, 0.25) is 0 Å². The molecule has 0 saturated heterocycles. The van der Waals surface area contributed by atoms with Crippen LogP contribution in [0.15, 0.2) is 91.0 Å². The molecule has 0 spiro atoms. The minimum Gasteiger partial charge on any atom is -0.313 e. The molecule has 3 aromatic rings. The summed E-state index contributed by atoms with van der Waals surface area (Å²) >= 11 is 0. The molecule has 0 amide bonds. The number of hydrogen-bond acceptors (Lipinski definition) is 1. The van der Waals surface area contributed by atoms with Gasteiger partial charge in [0, 0.05) is 6.54 Å². The van der Waals surface area contributed by atoms with Gasteiger partial charge in [-0.05, 0) is 42.2 Å². The number of nitrogens with one attached hydrogen (secondary N) is 1. The highest BCUT2D eigenvalue weighted by Crippen LogP contribution is 2.22. The van der Waals surface area contributed by atoms with E-state index in [1.54, 1.807) is 0 Å². The monoisotopic (exact) mass is 327 g/mol. The predicted molar refractivity (Wildman–Crippen MR) is 108 cm³/mol. The van der Waals surface area contributed by atoms with Gasteiger partial charge in [-0.15, -0.1) is 0 Å². The van der Waals surface area contributed by atoms with Crippen LogP contribution in [0.1, 0.15) is 22.3 Å². The second kappa shape index (κ2) is 9.00. The van der Waals surface area contributed by atoms with Crippen molar-refractivity contribution in [1.82, 2.24) is 5.32 Å². The Labute approximate surface area is 151 Å². The summed E-state index contributed by atoms with van der Waals surface area (Å²) in [7, 11) is 0. The van der Waals surface area contributed by atoms with Crippen molar-refractivity contribution >= 4 is 5.57 Å². The zero-order chi connectivity index (χ0) is 17.3. The first-order chi connectivity index (χ1) is 12.3. The molecule has 0 aliphatic heterocycles. The van der Waals surface area contributed by atoms with E-state index in [1.807, 2.05) is 0 Å². The van der Waals surface area contributed by atoms with E-state index in [0.29, 0.717) is 0 Å². The highest BCUT2D eigenvalue weighted by molar-refractivity contribution is 5.79. The Morgan fingerprint density at radius 2 is 1.32 bits per heavy atom. The second-order valence-electron chi connectivity index (χ2n) is 6.29. The fraction of sp³-hybridized carbons (Fsp3) is 0.167. The lowest BCUT2D eigenvalue weighted by Crippen LogP contribution is -2.17. The Hall–Kier alpha value is -2.64. The summed E-state index contributed by atoms with van der Waals surface area (Å²) in [5.41, 5.74) is 6.50. The zero-order valence-corrected chi connectivity index (χ0v) is 14.8. The van der Waals surface area contributed by atoms with Gasteiger partial charge in [0.25, 0.3) is 0 Å². The van der Waals surface area contributed by atoms with Gasteiger partial charge >= 0.3 is 0 Å². The van der Waals surface area contributed by atoms with Gasteiger partial charge in [0.05, 0.1) is 0 Å². The normalized spacial score (nSPS) is 10.4. The SMILES string of the molecule is Cc1ccc(CCNCC=C(c2ccccc2)c2ccccc2)cc1. The van der Waals surface area contributed by atoms with Crippen LogP contribution >= 0.6 is 0 Å². The van der Waals surface area contributed by atoms with Gasteiger partial charge in [-0.1, -0.05) is 96.6 Å². The Kier molecular flexibility index (Phi) is 6.19. The minimum absolute atomic E-state index is 0.866. The lowest BCUT2D eigenvalue weighted by molar-refractivity contribution is 0.745. The number of benzene rings is 3. The molecule has 1 heteroatoms. The average Bonchev–Trinajstić information content (AvgIpc) is 2.67. The minimum atomic E-state index is 0.866. The molecule has 0 aromatic heterocycles. The van der Waals surface area contributed by atoms with Gasteiger partial charge in [0.1, 0.15) is 0 Å². The van der Waals surface area contributed by atoms with Crippen molar-refractivity contribution in [2.24, 2.45) is 0 Å². The standard InChI is InChI=1S/C24H25N/c1-20-12-14-21(15-13-20)16-18-25-19-17-24(22-8-4-2-5-9-22)23-10-6-3-7-11-23/h2-15,17,25H,16,18-19H2,1H3. The number of aryl methyl sites for hydroxylation is 1. The maximum atomic E-state index is 3.54. The predicted octanol–water partition coefficient (Wildman–Crippen LogP) is 5.26. The van der Waals surface area contributed by atoms with Crippen molar-refractivity contribution in [2.45, 2.75) is 13.3 Å². The first-order valence-electron chi connectivity index (χ1n) is 8.90. The average molecular weight is 327 g/mol. The third-order valence-electron chi connectivity index (χ3n) is 4.33. The van der Waals surface area contributed by atoms with Gasteiger partial charge in [-0.25, -0.2) is 0 Å². The summed E-state index contributed by atoms with van der Waals surface area (Å²) < 4.78 is 0. The van der Waals surface area contributed by atoms with Gasteiger partial charge in [-0.3, -0.25) is 0 Å².